The van der Waals surface area contributed by atoms with Crippen LogP contribution in [0.5, 0.6) is 0 Å². The van der Waals surface area contributed by atoms with Gasteiger partial charge in [0, 0.05) is 57.2 Å². The van der Waals surface area contributed by atoms with Gasteiger partial charge in [-0.2, -0.15) is 0 Å². The molecule has 1 amide bonds. The zero-order valence-corrected chi connectivity index (χ0v) is 14.2. The molecule has 1 aromatic carbocycles. The minimum atomic E-state index is -0.392. The fraction of sp³-hybridized carbons (Fsp3) is 0.588. The van der Waals surface area contributed by atoms with Crippen LogP contribution in [0.15, 0.2) is 24.3 Å². The fourth-order valence-corrected chi connectivity index (χ4v) is 3.24. The van der Waals surface area contributed by atoms with Gasteiger partial charge >= 0.3 is 0 Å². The molecule has 2 saturated heterocycles. The molecule has 8 nitrogen and oxygen atoms in total. The second-order valence-corrected chi connectivity index (χ2v) is 6.48. The fourth-order valence-electron chi connectivity index (χ4n) is 3.24. The Morgan fingerprint density at radius 1 is 1.24 bits per heavy atom. The lowest BCUT2D eigenvalue weighted by atomic mass is 10.2. The van der Waals surface area contributed by atoms with Crippen molar-refractivity contribution in [3.63, 3.8) is 0 Å². The summed E-state index contributed by atoms with van der Waals surface area (Å²) in [5.74, 6) is 0.0410. The first-order valence-electron chi connectivity index (χ1n) is 8.72. The molecule has 0 spiro atoms. The molecule has 2 aliphatic rings. The molecular formula is C17H24N4O4. The van der Waals surface area contributed by atoms with Crippen molar-refractivity contribution in [3.05, 3.63) is 34.4 Å². The number of amides is 1. The number of non-ortho nitro benzene ring substituents is 1. The van der Waals surface area contributed by atoms with Gasteiger partial charge in [-0.1, -0.05) is 0 Å². The SMILES string of the molecule is O=C(CN1CCN(c2ccc([N+](=O)[O-])cc2)CC1)NC[C@@H]1CCCO1. The number of nitrogens with zero attached hydrogens (tertiary/aromatic N) is 3. The summed E-state index contributed by atoms with van der Waals surface area (Å²) in [7, 11) is 0. The summed E-state index contributed by atoms with van der Waals surface area (Å²) in [6.45, 7) is 5.00. The first-order valence-corrected chi connectivity index (χ1v) is 8.72. The predicted octanol–water partition coefficient (Wildman–Crippen LogP) is 1.01. The Labute approximate surface area is 146 Å². The third-order valence-electron chi connectivity index (χ3n) is 4.72. The molecule has 0 aromatic heterocycles. The summed E-state index contributed by atoms with van der Waals surface area (Å²) in [5.41, 5.74) is 1.08. The molecule has 2 aliphatic heterocycles. The van der Waals surface area contributed by atoms with Crippen LogP contribution in [0.4, 0.5) is 11.4 Å². The molecule has 0 radical (unpaired) electrons. The quantitative estimate of drug-likeness (QED) is 0.610. The van der Waals surface area contributed by atoms with Gasteiger partial charge < -0.3 is 15.0 Å². The molecule has 3 rings (SSSR count). The average Bonchev–Trinajstić information content (AvgIpc) is 3.14. The molecule has 136 valence electrons. The van der Waals surface area contributed by atoms with Gasteiger partial charge in [0.1, 0.15) is 0 Å². The van der Waals surface area contributed by atoms with E-state index in [0.717, 1.165) is 51.3 Å². The Bertz CT molecular complexity index is 593. The summed E-state index contributed by atoms with van der Waals surface area (Å²) >= 11 is 0. The van der Waals surface area contributed by atoms with Gasteiger partial charge in [-0.05, 0) is 25.0 Å². The molecular weight excluding hydrogens is 324 g/mol. The number of benzene rings is 1. The van der Waals surface area contributed by atoms with Gasteiger partial charge in [0.15, 0.2) is 0 Å². The molecule has 0 unspecified atom stereocenters. The lowest BCUT2D eigenvalue weighted by molar-refractivity contribution is -0.384. The van der Waals surface area contributed by atoms with Gasteiger partial charge in [-0.25, -0.2) is 0 Å². The number of piperazine rings is 1. The van der Waals surface area contributed by atoms with Gasteiger partial charge in [-0.15, -0.1) is 0 Å². The highest BCUT2D eigenvalue weighted by atomic mass is 16.6. The van der Waals surface area contributed by atoms with Gasteiger partial charge in [0.05, 0.1) is 17.6 Å². The molecule has 1 atom stereocenters. The zero-order valence-electron chi connectivity index (χ0n) is 14.2. The van der Waals surface area contributed by atoms with Crippen LogP contribution in [0.3, 0.4) is 0 Å². The van der Waals surface area contributed by atoms with Crippen molar-refractivity contribution in [2.24, 2.45) is 0 Å². The van der Waals surface area contributed by atoms with Crippen LogP contribution >= 0.6 is 0 Å². The van der Waals surface area contributed by atoms with E-state index in [4.69, 9.17) is 4.74 Å². The van der Waals surface area contributed by atoms with E-state index in [-0.39, 0.29) is 17.7 Å². The van der Waals surface area contributed by atoms with E-state index in [1.165, 1.54) is 12.1 Å². The summed E-state index contributed by atoms with van der Waals surface area (Å²) in [4.78, 5) is 26.7. The maximum atomic E-state index is 12.0. The van der Waals surface area contributed by atoms with E-state index in [1.807, 2.05) is 0 Å². The molecule has 1 N–H and O–H groups in total. The number of nitro benzene ring substituents is 1. The number of carbonyl (C=O) groups is 1. The number of anilines is 1. The molecule has 1 aromatic rings. The molecule has 8 heteroatoms. The van der Waals surface area contributed by atoms with Crippen molar-refractivity contribution in [1.82, 2.24) is 10.2 Å². The Hall–Kier alpha value is -2.19. The number of nitrogens with one attached hydrogen (secondary N) is 1. The molecule has 0 bridgehead atoms. The molecule has 2 fully saturated rings. The number of hydrogen-bond donors (Lipinski definition) is 1. The predicted molar refractivity (Wildman–Crippen MR) is 93.7 cm³/mol. The topological polar surface area (TPSA) is 88.0 Å². The standard InChI is InChI=1S/C17H24N4O4/c22-17(18-12-16-2-1-11-25-16)13-19-7-9-20(10-8-19)14-3-5-15(6-4-14)21(23)24/h3-6,16H,1-2,7-13H2,(H,18,22)/t16-/m0/s1. The van der Waals surface area contributed by atoms with Crippen molar-refractivity contribution in [2.45, 2.75) is 18.9 Å². The monoisotopic (exact) mass is 348 g/mol. The Kier molecular flexibility index (Phi) is 5.83. The molecule has 0 saturated carbocycles. The second kappa shape index (κ2) is 8.26. The van der Waals surface area contributed by atoms with Gasteiger partial charge in [-0.3, -0.25) is 19.8 Å². The highest BCUT2D eigenvalue weighted by Crippen LogP contribution is 2.20. The first kappa shape index (κ1) is 17.6. The number of carbonyl (C=O) groups excluding carboxylic acids is 1. The maximum absolute atomic E-state index is 12.0. The lowest BCUT2D eigenvalue weighted by Crippen LogP contribution is -2.50. The van der Waals surface area contributed by atoms with Crippen LogP contribution in [0.1, 0.15) is 12.8 Å². The van der Waals surface area contributed by atoms with Crippen LogP contribution in [-0.2, 0) is 9.53 Å². The normalized spacial score (nSPS) is 21.3. The van der Waals surface area contributed by atoms with E-state index < -0.39 is 4.92 Å². The highest BCUT2D eigenvalue weighted by molar-refractivity contribution is 5.78. The van der Waals surface area contributed by atoms with E-state index in [1.54, 1.807) is 12.1 Å². The van der Waals surface area contributed by atoms with Crippen LogP contribution in [0, 0.1) is 10.1 Å². The number of hydrogen-bond acceptors (Lipinski definition) is 6. The van der Waals surface area contributed by atoms with Crippen LogP contribution in [0.25, 0.3) is 0 Å². The third-order valence-corrected chi connectivity index (χ3v) is 4.72. The van der Waals surface area contributed by atoms with E-state index in [2.05, 4.69) is 15.1 Å². The number of ether oxygens (including phenoxy) is 1. The van der Waals surface area contributed by atoms with Crippen LogP contribution in [-0.4, -0.2) is 67.7 Å². The minimum Gasteiger partial charge on any atom is -0.376 e. The molecule has 0 aliphatic carbocycles. The summed E-state index contributed by atoms with van der Waals surface area (Å²) in [6, 6.07) is 6.62. The summed E-state index contributed by atoms with van der Waals surface area (Å²) in [5, 5.41) is 13.7. The smallest absolute Gasteiger partial charge is 0.269 e. The van der Waals surface area contributed by atoms with Crippen molar-refractivity contribution < 1.29 is 14.5 Å². The van der Waals surface area contributed by atoms with Crippen molar-refractivity contribution in [3.8, 4) is 0 Å². The highest BCUT2D eigenvalue weighted by Gasteiger charge is 2.21. The Morgan fingerprint density at radius 2 is 1.96 bits per heavy atom. The third kappa shape index (κ3) is 4.90. The second-order valence-electron chi connectivity index (χ2n) is 6.48. The van der Waals surface area contributed by atoms with Crippen LogP contribution < -0.4 is 10.2 Å². The van der Waals surface area contributed by atoms with Crippen molar-refractivity contribution in [2.75, 3.05) is 50.8 Å². The lowest BCUT2D eigenvalue weighted by Gasteiger charge is -2.35. The first-order chi connectivity index (χ1) is 12.1. The Morgan fingerprint density at radius 3 is 2.56 bits per heavy atom. The largest absolute Gasteiger partial charge is 0.376 e. The minimum absolute atomic E-state index is 0.0410. The molecule has 2 heterocycles. The van der Waals surface area contributed by atoms with Gasteiger partial charge in [0.25, 0.3) is 5.69 Å². The molecule has 25 heavy (non-hydrogen) atoms. The van der Waals surface area contributed by atoms with E-state index in [9.17, 15) is 14.9 Å². The number of nitro groups is 1. The van der Waals surface area contributed by atoms with Crippen molar-refractivity contribution in [1.29, 1.82) is 0 Å². The summed E-state index contributed by atoms with van der Waals surface area (Å²) in [6.07, 6.45) is 2.27. The van der Waals surface area contributed by atoms with E-state index >= 15 is 0 Å². The maximum Gasteiger partial charge on any atom is 0.269 e. The average molecular weight is 348 g/mol. The Balaban J connectivity index is 1.40. The van der Waals surface area contributed by atoms with Gasteiger partial charge in [0.2, 0.25) is 5.91 Å². The van der Waals surface area contributed by atoms with E-state index in [0.29, 0.717) is 13.1 Å². The summed E-state index contributed by atoms with van der Waals surface area (Å²) < 4.78 is 5.50. The van der Waals surface area contributed by atoms with Crippen molar-refractivity contribution >= 4 is 17.3 Å². The zero-order chi connectivity index (χ0) is 17.6. The van der Waals surface area contributed by atoms with Crippen LogP contribution in [0.2, 0.25) is 0 Å². The number of rotatable bonds is 6.